The van der Waals surface area contributed by atoms with Gasteiger partial charge < -0.3 is 4.90 Å². The maximum atomic E-state index is 12.3. The molecule has 1 saturated heterocycles. The van der Waals surface area contributed by atoms with Gasteiger partial charge in [0.2, 0.25) is 5.91 Å². The molecule has 0 spiro atoms. The van der Waals surface area contributed by atoms with E-state index < -0.39 is 21.5 Å². The van der Waals surface area contributed by atoms with Gasteiger partial charge in [-0.15, -0.1) is 11.3 Å². The number of hydrogen-bond acceptors (Lipinski definition) is 5. The van der Waals surface area contributed by atoms with E-state index >= 15 is 0 Å². The summed E-state index contributed by atoms with van der Waals surface area (Å²) in [5.74, 6) is -0.762. The number of likely N-dealkylation sites (tertiary alicyclic amines) is 1. The molecule has 1 aromatic heterocycles. The largest absolute Gasteiger partial charge is 0.328 e. The van der Waals surface area contributed by atoms with Crippen LogP contribution in [0.5, 0.6) is 0 Å². The Labute approximate surface area is 128 Å². The SMILES string of the molecule is CCCC(=O)N1CCC1(C)C(=O)NS(=O)(=O)c1cccs1. The third-order valence-corrected chi connectivity index (χ3v) is 6.39. The Hall–Kier alpha value is -1.41. The average Bonchev–Trinajstić information content (AvgIpc) is 2.90. The first-order valence-corrected chi connectivity index (χ1v) is 9.09. The molecule has 0 aliphatic carbocycles. The van der Waals surface area contributed by atoms with Gasteiger partial charge in [0.15, 0.2) is 0 Å². The zero-order chi connectivity index (χ0) is 15.7. The highest BCUT2D eigenvalue weighted by Crippen LogP contribution is 2.32. The second-order valence-corrected chi connectivity index (χ2v) is 8.04. The zero-order valence-corrected chi connectivity index (χ0v) is 13.6. The fourth-order valence-electron chi connectivity index (χ4n) is 2.24. The standard InChI is InChI=1S/C13H18N2O4S2/c1-3-5-10(16)15-8-7-13(15,2)12(17)14-21(18,19)11-6-4-9-20-11/h4,6,9H,3,5,7-8H2,1-2H3,(H,14,17). The van der Waals surface area contributed by atoms with Crippen LogP contribution in [0.15, 0.2) is 21.7 Å². The molecular weight excluding hydrogens is 312 g/mol. The van der Waals surface area contributed by atoms with Crippen LogP contribution in [-0.4, -0.2) is 37.2 Å². The second kappa shape index (κ2) is 5.76. The fraction of sp³-hybridized carbons (Fsp3) is 0.538. The molecule has 8 heteroatoms. The molecule has 1 fully saturated rings. The highest BCUT2D eigenvalue weighted by atomic mass is 32.2. The molecule has 0 aromatic carbocycles. The topological polar surface area (TPSA) is 83.6 Å². The molecule has 2 rings (SSSR count). The first-order chi connectivity index (χ1) is 9.81. The molecular formula is C13H18N2O4S2. The number of carbonyl (C=O) groups excluding carboxylic acids is 2. The molecule has 1 N–H and O–H groups in total. The molecule has 0 bridgehead atoms. The summed E-state index contributed by atoms with van der Waals surface area (Å²) < 4.78 is 26.3. The van der Waals surface area contributed by atoms with E-state index in [1.165, 1.54) is 11.0 Å². The highest BCUT2D eigenvalue weighted by molar-refractivity contribution is 7.92. The minimum absolute atomic E-state index is 0.0882. The number of nitrogens with one attached hydrogen (secondary N) is 1. The first kappa shape index (κ1) is 16.0. The third kappa shape index (κ3) is 2.96. The minimum Gasteiger partial charge on any atom is -0.328 e. The monoisotopic (exact) mass is 330 g/mol. The first-order valence-electron chi connectivity index (χ1n) is 6.72. The molecule has 1 unspecified atom stereocenters. The van der Waals surface area contributed by atoms with Crippen molar-refractivity contribution in [3.05, 3.63) is 17.5 Å². The number of hydrogen-bond donors (Lipinski definition) is 1. The van der Waals surface area contributed by atoms with E-state index in [2.05, 4.69) is 4.72 Å². The van der Waals surface area contributed by atoms with Gasteiger partial charge >= 0.3 is 0 Å². The summed E-state index contributed by atoms with van der Waals surface area (Å²) in [5.41, 5.74) is -1.07. The lowest BCUT2D eigenvalue weighted by atomic mass is 9.85. The van der Waals surface area contributed by atoms with Crippen LogP contribution in [0.25, 0.3) is 0 Å². The number of sulfonamides is 1. The lowest BCUT2D eigenvalue weighted by molar-refractivity contribution is -0.156. The van der Waals surface area contributed by atoms with Crippen molar-refractivity contribution in [3.8, 4) is 0 Å². The Kier molecular flexibility index (Phi) is 4.38. The van der Waals surface area contributed by atoms with Crippen molar-refractivity contribution >= 4 is 33.2 Å². The number of nitrogens with zero attached hydrogens (tertiary/aromatic N) is 1. The van der Waals surface area contributed by atoms with Gasteiger partial charge in [-0.2, -0.15) is 0 Å². The fourth-order valence-corrected chi connectivity index (χ4v) is 4.31. The van der Waals surface area contributed by atoms with Gasteiger partial charge in [0, 0.05) is 13.0 Å². The van der Waals surface area contributed by atoms with Gasteiger partial charge in [-0.1, -0.05) is 13.0 Å². The van der Waals surface area contributed by atoms with Crippen LogP contribution in [0.2, 0.25) is 0 Å². The van der Waals surface area contributed by atoms with Gasteiger partial charge in [-0.05, 0) is 31.2 Å². The van der Waals surface area contributed by atoms with Gasteiger partial charge in [-0.3, -0.25) is 9.59 Å². The maximum absolute atomic E-state index is 12.3. The molecule has 0 saturated carbocycles. The molecule has 0 radical (unpaired) electrons. The molecule has 1 aliphatic heterocycles. The van der Waals surface area contributed by atoms with E-state index in [9.17, 15) is 18.0 Å². The Bertz CT molecular complexity index is 639. The Morgan fingerprint density at radius 3 is 2.67 bits per heavy atom. The molecule has 1 atom stereocenters. The quantitative estimate of drug-likeness (QED) is 0.883. The maximum Gasteiger partial charge on any atom is 0.273 e. The summed E-state index contributed by atoms with van der Waals surface area (Å²) in [6.07, 6.45) is 1.52. The van der Waals surface area contributed by atoms with Crippen molar-refractivity contribution in [2.75, 3.05) is 6.54 Å². The van der Waals surface area contributed by atoms with Crippen LogP contribution >= 0.6 is 11.3 Å². The molecule has 6 nitrogen and oxygen atoms in total. The van der Waals surface area contributed by atoms with Crippen molar-refractivity contribution in [1.82, 2.24) is 9.62 Å². The van der Waals surface area contributed by atoms with Crippen LogP contribution in [0.3, 0.4) is 0 Å². The van der Waals surface area contributed by atoms with Crippen LogP contribution in [0, 0.1) is 0 Å². The Balaban J connectivity index is 2.12. The summed E-state index contributed by atoms with van der Waals surface area (Å²) in [6, 6.07) is 3.04. The summed E-state index contributed by atoms with van der Waals surface area (Å²) in [7, 11) is -3.86. The third-order valence-electron chi connectivity index (χ3n) is 3.66. The van der Waals surface area contributed by atoms with E-state index in [0.29, 0.717) is 25.8 Å². The van der Waals surface area contributed by atoms with Crippen LogP contribution in [-0.2, 0) is 19.6 Å². The van der Waals surface area contributed by atoms with Gasteiger partial charge in [0.25, 0.3) is 15.9 Å². The zero-order valence-electron chi connectivity index (χ0n) is 12.0. The van der Waals surface area contributed by atoms with Gasteiger partial charge in [0.1, 0.15) is 9.75 Å². The number of rotatable bonds is 5. The van der Waals surface area contributed by atoms with Crippen molar-refractivity contribution in [1.29, 1.82) is 0 Å². The van der Waals surface area contributed by atoms with E-state index in [1.807, 2.05) is 6.92 Å². The normalized spacial score (nSPS) is 21.7. The Morgan fingerprint density at radius 1 is 1.48 bits per heavy atom. The van der Waals surface area contributed by atoms with Gasteiger partial charge in [0.05, 0.1) is 0 Å². The highest BCUT2D eigenvalue weighted by Gasteiger charge is 2.50. The molecule has 21 heavy (non-hydrogen) atoms. The molecule has 1 aliphatic rings. The predicted molar refractivity (Wildman–Crippen MR) is 79.3 cm³/mol. The number of carbonyl (C=O) groups is 2. The molecule has 2 heterocycles. The van der Waals surface area contributed by atoms with E-state index in [0.717, 1.165) is 11.3 Å². The van der Waals surface area contributed by atoms with Gasteiger partial charge in [-0.25, -0.2) is 13.1 Å². The van der Waals surface area contributed by atoms with E-state index in [-0.39, 0.29) is 10.1 Å². The average molecular weight is 330 g/mol. The smallest absolute Gasteiger partial charge is 0.273 e. The van der Waals surface area contributed by atoms with Crippen LogP contribution < -0.4 is 4.72 Å². The van der Waals surface area contributed by atoms with Crippen LogP contribution in [0.1, 0.15) is 33.1 Å². The number of thiophene rings is 1. The van der Waals surface area contributed by atoms with Crippen molar-refractivity contribution in [2.45, 2.75) is 42.9 Å². The lowest BCUT2D eigenvalue weighted by Gasteiger charge is -2.48. The molecule has 116 valence electrons. The summed E-state index contributed by atoms with van der Waals surface area (Å²) >= 11 is 1.04. The Morgan fingerprint density at radius 2 is 2.19 bits per heavy atom. The minimum atomic E-state index is -3.86. The second-order valence-electron chi connectivity index (χ2n) is 5.19. The van der Waals surface area contributed by atoms with Crippen LogP contribution in [0.4, 0.5) is 0 Å². The summed E-state index contributed by atoms with van der Waals surface area (Å²) in [4.78, 5) is 25.7. The summed E-state index contributed by atoms with van der Waals surface area (Å²) in [6.45, 7) is 3.97. The van der Waals surface area contributed by atoms with E-state index in [1.54, 1.807) is 18.4 Å². The predicted octanol–water partition coefficient (Wildman–Crippen LogP) is 1.34. The molecule has 1 aromatic rings. The lowest BCUT2D eigenvalue weighted by Crippen LogP contribution is -2.67. The summed E-state index contributed by atoms with van der Waals surface area (Å²) in [5, 5.41) is 1.63. The number of amides is 2. The molecule has 2 amide bonds. The van der Waals surface area contributed by atoms with Crippen molar-refractivity contribution in [3.63, 3.8) is 0 Å². The van der Waals surface area contributed by atoms with E-state index in [4.69, 9.17) is 0 Å². The van der Waals surface area contributed by atoms with Crippen molar-refractivity contribution in [2.24, 2.45) is 0 Å². The van der Waals surface area contributed by atoms with Crippen molar-refractivity contribution < 1.29 is 18.0 Å².